The van der Waals surface area contributed by atoms with Crippen LogP contribution in [0.2, 0.25) is 5.02 Å². The molecule has 1 aliphatic rings. The number of para-hydroxylation sites is 1. The molecule has 3 rings (SSSR count). The number of rotatable bonds is 2. The highest BCUT2D eigenvalue weighted by Crippen LogP contribution is 2.31. The molecule has 3 amide bonds. The van der Waals surface area contributed by atoms with E-state index in [0.29, 0.717) is 16.3 Å². The lowest BCUT2D eigenvalue weighted by atomic mass is 9.88. The van der Waals surface area contributed by atoms with Gasteiger partial charge in [0.05, 0.1) is 0 Å². The van der Waals surface area contributed by atoms with Gasteiger partial charge >= 0.3 is 0 Å². The molecule has 0 saturated carbocycles. The van der Waals surface area contributed by atoms with Crippen molar-refractivity contribution in [3.63, 3.8) is 0 Å². The molecule has 0 aliphatic carbocycles. The fraction of sp³-hybridized carbons (Fsp3) is 0.118. The summed E-state index contributed by atoms with van der Waals surface area (Å²) in [7, 11) is 1.36. The molecule has 2 aromatic carbocycles. The number of benzene rings is 2. The summed E-state index contributed by atoms with van der Waals surface area (Å²) in [5.74, 6) is -2.58. The van der Waals surface area contributed by atoms with Gasteiger partial charge in [-0.05, 0) is 29.8 Å². The van der Waals surface area contributed by atoms with Gasteiger partial charge in [-0.25, -0.2) is 0 Å². The third kappa shape index (κ3) is 2.71. The third-order valence-corrected chi connectivity index (χ3v) is 3.98. The summed E-state index contributed by atoms with van der Waals surface area (Å²) in [5, 5.41) is 3.08. The van der Waals surface area contributed by atoms with Crippen LogP contribution in [0.5, 0.6) is 0 Å². The van der Waals surface area contributed by atoms with Gasteiger partial charge in [-0.15, -0.1) is 0 Å². The number of carbonyl (C=O) groups excluding carboxylic acids is 3. The highest BCUT2D eigenvalue weighted by atomic mass is 35.5. The molecule has 0 radical (unpaired) electrons. The van der Waals surface area contributed by atoms with Crippen molar-refractivity contribution in [3.8, 4) is 0 Å². The number of imide groups is 1. The van der Waals surface area contributed by atoms with Crippen LogP contribution in [0.3, 0.4) is 0 Å². The van der Waals surface area contributed by atoms with Gasteiger partial charge in [0.25, 0.3) is 5.91 Å². The molecule has 6 heteroatoms. The fourth-order valence-corrected chi connectivity index (χ4v) is 2.73. The number of carbonyl (C=O) groups is 3. The summed E-state index contributed by atoms with van der Waals surface area (Å²) in [4.78, 5) is 38.2. The van der Waals surface area contributed by atoms with Gasteiger partial charge in [-0.2, -0.15) is 0 Å². The van der Waals surface area contributed by atoms with E-state index in [0.717, 1.165) is 4.90 Å². The van der Waals surface area contributed by atoms with Gasteiger partial charge in [-0.3, -0.25) is 19.3 Å². The maximum atomic E-state index is 12.6. The maximum Gasteiger partial charge on any atom is 0.260 e. The van der Waals surface area contributed by atoms with Gasteiger partial charge in [-0.1, -0.05) is 35.9 Å². The first kappa shape index (κ1) is 15.2. The number of hydrogen-bond donors (Lipinski definition) is 1. The molecule has 1 atom stereocenters. The minimum absolute atomic E-state index is 0.271. The zero-order valence-corrected chi connectivity index (χ0v) is 13.0. The summed E-state index contributed by atoms with van der Waals surface area (Å²) < 4.78 is 0. The molecular formula is C17H13ClN2O3. The summed E-state index contributed by atoms with van der Waals surface area (Å²) in [5.41, 5.74) is 1.23. The fourth-order valence-electron chi connectivity index (χ4n) is 2.56. The van der Waals surface area contributed by atoms with E-state index in [1.807, 2.05) is 6.07 Å². The molecule has 0 fully saturated rings. The molecule has 0 spiro atoms. The smallest absolute Gasteiger partial charge is 0.260 e. The number of halogens is 1. The van der Waals surface area contributed by atoms with E-state index in [2.05, 4.69) is 5.32 Å². The van der Waals surface area contributed by atoms with Crippen LogP contribution < -0.4 is 5.32 Å². The van der Waals surface area contributed by atoms with Gasteiger partial charge in [0.15, 0.2) is 0 Å². The minimum Gasteiger partial charge on any atom is -0.325 e. The van der Waals surface area contributed by atoms with E-state index in [-0.39, 0.29) is 5.56 Å². The predicted molar refractivity (Wildman–Crippen MR) is 86.4 cm³/mol. The van der Waals surface area contributed by atoms with Gasteiger partial charge in [0.1, 0.15) is 5.92 Å². The molecule has 1 aliphatic heterocycles. The van der Waals surface area contributed by atoms with E-state index < -0.39 is 23.6 Å². The van der Waals surface area contributed by atoms with Crippen molar-refractivity contribution < 1.29 is 14.4 Å². The summed E-state index contributed by atoms with van der Waals surface area (Å²) >= 11 is 5.93. The Morgan fingerprint density at radius 2 is 1.83 bits per heavy atom. The van der Waals surface area contributed by atoms with Crippen molar-refractivity contribution in [1.82, 2.24) is 4.90 Å². The number of anilines is 1. The van der Waals surface area contributed by atoms with Crippen LogP contribution in [0.15, 0.2) is 48.5 Å². The molecular weight excluding hydrogens is 316 g/mol. The average Bonchev–Trinajstić information content (AvgIpc) is 2.54. The normalized spacial score (nSPS) is 17.0. The van der Waals surface area contributed by atoms with E-state index in [9.17, 15) is 14.4 Å². The topological polar surface area (TPSA) is 66.5 Å². The standard InChI is InChI=1S/C17H13ClN2O3/c1-20-16(22)13-9-10(18)7-8-12(13)14(17(20)23)15(21)19-11-5-3-2-4-6-11/h2-9,14H,1H3,(H,19,21). The average molecular weight is 329 g/mol. The molecule has 1 N–H and O–H groups in total. The van der Waals surface area contributed by atoms with Crippen LogP contribution in [-0.4, -0.2) is 29.7 Å². The van der Waals surface area contributed by atoms with Crippen molar-refractivity contribution in [2.24, 2.45) is 0 Å². The number of likely N-dealkylation sites (N-methyl/N-ethyl adjacent to an activating group) is 1. The number of amides is 3. The highest BCUT2D eigenvalue weighted by molar-refractivity contribution is 6.31. The van der Waals surface area contributed by atoms with Crippen LogP contribution in [-0.2, 0) is 9.59 Å². The molecule has 23 heavy (non-hydrogen) atoms. The SMILES string of the molecule is CN1C(=O)c2cc(Cl)ccc2C(C(=O)Nc2ccccc2)C1=O. The lowest BCUT2D eigenvalue weighted by Gasteiger charge is -2.29. The second-order valence-electron chi connectivity index (χ2n) is 5.22. The van der Waals surface area contributed by atoms with E-state index in [4.69, 9.17) is 11.6 Å². The monoisotopic (exact) mass is 328 g/mol. The molecule has 0 saturated heterocycles. The zero-order valence-electron chi connectivity index (χ0n) is 12.2. The summed E-state index contributed by atoms with van der Waals surface area (Å²) in [6.07, 6.45) is 0. The van der Waals surface area contributed by atoms with Crippen molar-refractivity contribution >= 4 is 35.0 Å². The minimum atomic E-state index is -1.08. The first-order valence-corrected chi connectivity index (χ1v) is 7.34. The summed E-state index contributed by atoms with van der Waals surface area (Å²) in [6.45, 7) is 0. The van der Waals surface area contributed by atoms with Crippen molar-refractivity contribution in [2.45, 2.75) is 5.92 Å². The Morgan fingerprint density at radius 3 is 2.52 bits per heavy atom. The highest BCUT2D eigenvalue weighted by Gasteiger charge is 2.41. The lowest BCUT2D eigenvalue weighted by molar-refractivity contribution is -0.134. The van der Waals surface area contributed by atoms with Gasteiger partial charge in [0.2, 0.25) is 11.8 Å². The first-order chi connectivity index (χ1) is 11.0. The Balaban J connectivity index is 2.01. The zero-order chi connectivity index (χ0) is 16.6. The van der Waals surface area contributed by atoms with Gasteiger partial charge < -0.3 is 5.32 Å². The Bertz CT molecular complexity index is 805. The number of hydrogen-bond acceptors (Lipinski definition) is 3. The predicted octanol–water partition coefficient (Wildman–Crippen LogP) is 2.67. The molecule has 2 aromatic rings. The van der Waals surface area contributed by atoms with Crippen LogP contribution in [0.1, 0.15) is 21.8 Å². The Morgan fingerprint density at radius 1 is 1.13 bits per heavy atom. The van der Waals surface area contributed by atoms with Crippen LogP contribution in [0.4, 0.5) is 5.69 Å². The Kier molecular flexibility index (Phi) is 3.88. The van der Waals surface area contributed by atoms with E-state index in [1.165, 1.54) is 13.1 Å². The first-order valence-electron chi connectivity index (χ1n) is 6.96. The molecule has 0 aromatic heterocycles. The number of nitrogens with one attached hydrogen (secondary N) is 1. The number of nitrogens with zero attached hydrogens (tertiary/aromatic N) is 1. The molecule has 1 heterocycles. The second-order valence-corrected chi connectivity index (χ2v) is 5.66. The molecule has 0 bridgehead atoms. The van der Waals surface area contributed by atoms with Crippen molar-refractivity contribution in [3.05, 3.63) is 64.7 Å². The molecule has 116 valence electrons. The third-order valence-electron chi connectivity index (χ3n) is 3.74. The van der Waals surface area contributed by atoms with E-state index in [1.54, 1.807) is 36.4 Å². The molecule has 5 nitrogen and oxygen atoms in total. The van der Waals surface area contributed by atoms with Crippen LogP contribution in [0.25, 0.3) is 0 Å². The largest absolute Gasteiger partial charge is 0.325 e. The Hall–Kier alpha value is -2.66. The summed E-state index contributed by atoms with van der Waals surface area (Å²) in [6, 6.07) is 13.4. The van der Waals surface area contributed by atoms with Crippen LogP contribution >= 0.6 is 11.6 Å². The van der Waals surface area contributed by atoms with Crippen molar-refractivity contribution in [2.75, 3.05) is 12.4 Å². The lowest BCUT2D eigenvalue weighted by Crippen LogP contribution is -2.46. The Labute approximate surface area is 137 Å². The van der Waals surface area contributed by atoms with Crippen molar-refractivity contribution in [1.29, 1.82) is 0 Å². The quantitative estimate of drug-likeness (QED) is 0.681. The van der Waals surface area contributed by atoms with Gasteiger partial charge in [0, 0.05) is 23.3 Å². The molecule has 1 unspecified atom stereocenters. The van der Waals surface area contributed by atoms with E-state index >= 15 is 0 Å². The van der Waals surface area contributed by atoms with Crippen LogP contribution in [0, 0.1) is 0 Å². The number of fused-ring (bicyclic) bond motifs is 1. The maximum absolute atomic E-state index is 12.6. The second kappa shape index (κ2) is 5.85.